The maximum Gasteiger partial charge on any atom is 0.300 e. The molecule has 1 fully saturated rings. The molecule has 1 saturated heterocycles. The number of nitrogens with zero attached hydrogens (tertiary/aromatic N) is 1. The highest BCUT2D eigenvalue weighted by Crippen LogP contribution is 2.48. The number of ketones is 1. The van der Waals surface area contributed by atoms with Gasteiger partial charge in [-0.25, -0.2) is 0 Å². The average molecular weight is 516 g/mol. The van der Waals surface area contributed by atoms with Crippen molar-refractivity contribution in [2.45, 2.75) is 26.8 Å². The number of methoxy groups -OCH3 is 2. The van der Waals surface area contributed by atoms with E-state index in [1.165, 1.54) is 25.2 Å². The van der Waals surface area contributed by atoms with Crippen LogP contribution in [0.25, 0.3) is 5.76 Å². The summed E-state index contributed by atoms with van der Waals surface area (Å²) in [4.78, 5) is 28.0. The minimum Gasteiger partial charge on any atom is -0.507 e. The number of anilines is 1. The summed E-state index contributed by atoms with van der Waals surface area (Å²) < 4.78 is 16.5. The average Bonchev–Trinajstić information content (AvgIpc) is 3.33. The molecule has 1 amide bonds. The zero-order chi connectivity index (χ0) is 25.6. The highest BCUT2D eigenvalue weighted by atomic mass is 35.5. The molecule has 1 N–H and O–H groups in total. The van der Waals surface area contributed by atoms with Gasteiger partial charge in [0, 0.05) is 5.69 Å². The molecule has 0 aliphatic carbocycles. The van der Waals surface area contributed by atoms with Gasteiger partial charge in [-0.2, -0.15) is 0 Å². The number of halogens is 2. The predicted octanol–water partition coefficient (Wildman–Crippen LogP) is 6.16. The Kier molecular flexibility index (Phi) is 6.58. The van der Waals surface area contributed by atoms with Gasteiger partial charge in [-0.05, 0) is 62.2 Å². The summed E-state index contributed by atoms with van der Waals surface area (Å²) in [6.45, 7) is 5.54. The van der Waals surface area contributed by atoms with E-state index in [4.69, 9.17) is 37.1 Å². The molecule has 0 bridgehead atoms. The van der Waals surface area contributed by atoms with E-state index in [1.807, 2.05) is 19.9 Å². The van der Waals surface area contributed by atoms with Crippen molar-refractivity contribution >= 4 is 46.3 Å². The summed E-state index contributed by atoms with van der Waals surface area (Å²) in [5.74, 6) is -1.11. The standard InChI is InChI=1S/C26H23Cl2NO6/c1-12-8-13(2)10-15(9-12)29-21(18-7-6-14(3)35-18)19(23(31)26(29)32)22(30)16-11-17(27)25(34-5)20(28)24(16)33-4/h6-11,21,30H,1-5H3/b22-19+. The van der Waals surface area contributed by atoms with Gasteiger partial charge in [0.2, 0.25) is 0 Å². The molecule has 2 aromatic carbocycles. The lowest BCUT2D eigenvalue weighted by atomic mass is 9.98. The smallest absolute Gasteiger partial charge is 0.300 e. The number of amides is 1. The number of aliphatic hydroxyl groups excluding tert-OH is 1. The molecule has 0 radical (unpaired) electrons. The third-order valence-corrected chi connectivity index (χ3v) is 6.38. The molecule has 7 nitrogen and oxygen atoms in total. The number of ether oxygens (including phenoxy) is 2. The van der Waals surface area contributed by atoms with Crippen LogP contribution >= 0.6 is 23.2 Å². The normalized spacial score (nSPS) is 17.2. The summed E-state index contributed by atoms with van der Waals surface area (Å²) in [5.41, 5.74) is 2.17. The van der Waals surface area contributed by atoms with E-state index in [1.54, 1.807) is 31.2 Å². The van der Waals surface area contributed by atoms with Gasteiger partial charge in [-0.15, -0.1) is 0 Å². The number of hydrogen-bond acceptors (Lipinski definition) is 6. The second-order valence-corrected chi connectivity index (χ2v) is 9.04. The number of hydrogen-bond donors (Lipinski definition) is 1. The first-order chi connectivity index (χ1) is 16.6. The van der Waals surface area contributed by atoms with Gasteiger partial charge in [-0.3, -0.25) is 14.5 Å². The van der Waals surface area contributed by atoms with E-state index in [2.05, 4.69) is 0 Å². The molecule has 2 heterocycles. The number of furan rings is 1. The quantitative estimate of drug-likeness (QED) is 0.248. The van der Waals surface area contributed by atoms with E-state index < -0.39 is 23.5 Å². The Bertz CT molecular complexity index is 1370. The van der Waals surface area contributed by atoms with E-state index in [-0.39, 0.29) is 32.7 Å². The Morgan fingerprint density at radius 1 is 0.971 bits per heavy atom. The number of carbonyl (C=O) groups excluding carboxylic acids is 2. The van der Waals surface area contributed by atoms with Gasteiger partial charge in [0.25, 0.3) is 11.7 Å². The summed E-state index contributed by atoms with van der Waals surface area (Å²) in [6, 6.07) is 9.27. The molecule has 1 unspecified atom stereocenters. The Balaban J connectivity index is 2.02. The van der Waals surface area contributed by atoms with Crippen LogP contribution in [0.4, 0.5) is 5.69 Å². The molecular formula is C26H23Cl2NO6. The summed E-state index contributed by atoms with van der Waals surface area (Å²) >= 11 is 12.7. The predicted molar refractivity (Wildman–Crippen MR) is 134 cm³/mol. The Labute approximate surface area is 212 Å². The zero-order valence-electron chi connectivity index (χ0n) is 19.7. The van der Waals surface area contributed by atoms with Crippen LogP contribution in [-0.4, -0.2) is 31.0 Å². The lowest BCUT2D eigenvalue weighted by molar-refractivity contribution is -0.132. The molecule has 182 valence electrons. The van der Waals surface area contributed by atoms with Gasteiger partial charge < -0.3 is 19.0 Å². The number of aryl methyl sites for hydroxylation is 3. The maximum absolute atomic E-state index is 13.4. The molecule has 0 spiro atoms. The minimum absolute atomic E-state index is 0.0120. The van der Waals surface area contributed by atoms with Gasteiger partial charge >= 0.3 is 0 Å². The molecule has 1 aliphatic heterocycles. The van der Waals surface area contributed by atoms with Crippen LogP contribution < -0.4 is 14.4 Å². The lowest BCUT2D eigenvalue weighted by Gasteiger charge is -2.24. The van der Waals surface area contributed by atoms with Crippen molar-refractivity contribution in [3.8, 4) is 11.5 Å². The first-order valence-electron chi connectivity index (χ1n) is 10.6. The second-order valence-electron chi connectivity index (χ2n) is 8.25. The monoisotopic (exact) mass is 515 g/mol. The van der Waals surface area contributed by atoms with Crippen LogP contribution in [0.3, 0.4) is 0 Å². The fourth-order valence-corrected chi connectivity index (χ4v) is 5.04. The molecule has 0 saturated carbocycles. The fourth-order valence-electron chi connectivity index (χ4n) is 4.35. The van der Waals surface area contributed by atoms with Gasteiger partial charge in [0.05, 0.1) is 30.4 Å². The Hall–Kier alpha value is -3.42. The molecule has 3 aromatic rings. The van der Waals surface area contributed by atoms with E-state index in [0.29, 0.717) is 17.2 Å². The third kappa shape index (κ3) is 4.15. The molecule has 4 rings (SSSR count). The highest BCUT2D eigenvalue weighted by Gasteiger charge is 2.49. The number of carbonyl (C=O) groups is 2. The lowest BCUT2D eigenvalue weighted by Crippen LogP contribution is -2.29. The first-order valence-corrected chi connectivity index (χ1v) is 11.4. The number of aliphatic hydroxyl groups is 1. The van der Waals surface area contributed by atoms with Crippen molar-refractivity contribution in [3.63, 3.8) is 0 Å². The molecule has 35 heavy (non-hydrogen) atoms. The summed E-state index contributed by atoms with van der Waals surface area (Å²) in [7, 11) is 2.74. The van der Waals surface area contributed by atoms with Crippen molar-refractivity contribution in [1.29, 1.82) is 0 Å². The maximum atomic E-state index is 13.4. The van der Waals surface area contributed by atoms with Crippen molar-refractivity contribution in [1.82, 2.24) is 0 Å². The molecule has 1 atom stereocenters. The van der Waals surface area contributed by atoms with Crippen molar-refractivity contribution in [2.75, 3.05) is 19.1 Å². The third-order valence-electron chi connectivity index (χ3n) is 5.75. The molecular weight excluding hydrogens is 493 g/mol. The number of benzene rings is 2. The van der Waals surface area contributed by atoms with Crippen molar-refractivity contribution < 1.29 is 28.6 Å². The van der Waals surface area contributed by atoms with Crippen LogP contribution in [0, 0.1) is 20.8 Å². The summed E-state index contributed by atoms with van der Waals surface area (Å²) in [6.07, 6.45) is 0. The minimum atomic E-state index is -1.03. The first kappa shape index (κ1) is 24.7. The number of rotatable bonds is 5. The topological polar surface area (TPSA) is 89.2 Å². The van der Waals surface area contributed by atoms with Crippen molar-refractivity contribution in [3.05, 3.63) is 80.2 Å². The SMILES string of the molecule is COc1c(Cl)cc(/C(O)=C2\C(=O)C(=O)N(c3cc(C)cc(C)c3)C2c2ccc(C)o2)c(OC)c1Cl. The fraction of sp³-hybridized carbons (Fsp3) is 0.231. The molecule has 9 heteroatoms. The van der Waals surface area contributed by atoms with Crippen LogP contribution in [0.2, 0.25) is 10.0 Å². The van der Waals surface area contributed by atoms with Crippen LogP contribution in [0.15, 0.2) is 46.4 Å². The van der Waals surface area contributed by atoms with Gasteiger partial charge in [0.1, 0.15) is 28.3 Å². The highest BCUT2D eigenvalue weighted by molar-refractivity contribution is 6.52. The van der Waals surface area contributed by atoms with Gasteiger partial charge in [-0.1, -0.05) is 29.3 Å². The van der Waals surface area contributed by atoms with Crippen LogP contribution in [-0.2, 0) is 9.59 Å². The zero-order valence-corrected chi connectivity index (χ0v) is 21.2. The van der Waals surface area contributed by atoms with Crippen molar-refractivity contribution in [2.24, 2.45) is 0 Å². The summed E-state index contributed by atoms with van der Waals surface area (Å²) in [5, 5.41) is 11.5. The second kappa shape index (κ2) is 9.32. The van der Waals surface area contributed by atoms with E-state index in [9.17, 15) is 14.7 Å². The van der Waals surface area contributed by atoms with E-state index >= 15 is 0 Å². The van der Waals surface area contributed by atoms with Gasteiger partial charge in [0.15, 0.2) is 11.5 Å². The Morgan fingerprint density at radius 2 is 1.60 bits per heavy atom. The number of Topliss-reactive ketones (excluding diaryl/α,β-unsaturated/α-hetero) is 1. The molecule has 1 aromatic heterocycles. The van der Waals surface area contributed by atoms with E-state index in [0.717, 1.165) is 11.1 Å². The Morgan fingerprint density at radius 3 is 2.14 bits per heavy atom. The van der Waals surface area contributed by atoms with Crippen LogP contribution in [0.1, 0.15) is 34.3 Å². The molecule has 1 aliphatic rings. The largest absolute Gasteiger partial charge is 0.507 e. The van der Waals surface area contributed by atoms with Crippen LogP contribution in [0.5, 0.6) is 11.5 Å².